The Morgan fingerprint density at radius 3 is 1.55 bits per heavy atom. The van der Waals surface area contributed by atoms with Gasteiger partial charge in [0.25, 0.3) is 0 Å². The van der Waals surface area contributed by atoms with Crippen LogP contribution in [-0.4, -0.2) is 4.57 Å². The Morgan fingerprint density at radius 1 is 0.275 bits per heavy atom. The van der Waals surface area contributed by atoms with Crippen LogP contribution in [0.15, 0.2) is 271 Å². The zero-order chi connectivity index (χ0) is 45.7. The Balaban J connectivity index is 0.989. The summed E-state index contributed by atoms with van der Waals surface area (Å²) in [5, 5.41) is 4.70. The van der Waals surface area contributed by atoms with Crippen molar-refractivity contribution in [3.63, 3.8) is 0 Å². The number of benzene rings is 11. The Hall–Kier alpha value is -9.18. The summed E-state index contributed by atoms with van der Waals surface area (Å²) in [6.45, 7) is 0. The van der Waals surface area contributed by atoms with Gasteiger partial charge in [0.2, 0.25) is 0 Å². The smallest absolute Gasteiger partial charge is 0.143 e. The third kappa shape index (κ3) is 7.16. The maximum Gasteiger partial charge on any atom is 0.143 e. The average Bonchev–Trinajstić information content (AvgIpc) is 3.98. The van der Waals surface area contributed by atoms with Gasteiger partial charge in [-0.15, -0.1) is 0 Å². The molecule has 0 spiro atoms. The minimum absolute atomic E-state index is 0.897. The van der Waals surface area contributed by atoms with Crippen molar-refractivity contribution in [2.45, 2.75) is 0 Å². The molecule has 3 heteroatoms. The molecule has 0 radical (unpaired) electrons. The molecule has 2 heterocycles. The summed E-state index contributed by atoms with van der Waals surface area (Å²) < 4.78 is 8.88. The van der Waals surface area contributed by atoms with Crippen LogP contribution in [-0.2, 0) is 0 Å². The van der Waals surface area contributed by atoms with Crippen molar-refractivity contribution in [2.24, 2.45) is 0 Å². The quantitative estimate of drug-likeness (QED) is 0.144. The SMILES string of the molecule is c1ccc(-c2ccc(N(c3ccc(-c4cccc5c4oc4ccccc45)cc3)c3ccc(-c4ccc5c(c4)c4ccccc4n5-c4ccccc4)c(-c4cccc(-c5ccccc5)c4)c3)cc2)cc1. The number of hydrogen-bond acceptors (Lipinski definition) is 2. The number of fused-ring (bicyclic) bond motifs is 6. The summed E-state index contributed by atoms with van der Waals surface area (Å²) in [6.07, 6.45) is 0. The van der Waals surface area contributed by atoms with Crippen LogP contribution in [0.1, 0.15) is 0 Å². The maximum absolute atomic E-state index is 6.50. The third-order valence-electron chi connectivity index (χ3n) is 13.6. The molecule has 0 saturated carbocycles. The van der Waals surface area contributed by atoms with Crippen molar-refractivity contribution in [2.75, 3.05) is 4.90 Å². The van der Waals surface area contributed by atoms with E-state index in [9.17, 15) is 0 Å². The first kappa shape index (κ1) is 40.1. The van der Waals surface area contributed by atoms with Crippen LogP contribution in [0.2, 0.25) is 0 Å². The minimum Gasteiger partial charge on any atom is -0.455 e. The van der Waals surface area contributed by atoms with Gasteiger partial charge in [0, 0.05) is 49.9 Å². The number of furan rings is 1. The molecule has 0 N–H and O–H groups in total. The second kappa shape index (κ2) is 16.9. The minimum atomic E-state index is 0.897. The lowest BCUT2D eigenvalue weighted by Crippen LogP contribution is -2.10. The Bertz CT molecular complexity index is 3980. The van der Waals surface area contributed by atoms with E-state index in [2.05, 4.69) is 264 Å². The van der Waals surface area contributed by atoms with E-state index in [-0.39, 0.29) is 0 Å². The lowest BCUT2D eigenvalue weighted by atomic mass is 9.91. The van der Waals surface area contributed by atoms with E-state index >= 15 is 0 Å². The fraction of sp³-hybridized carbons (Fsp3) is 0. The molecule has 0 aliphatic rings. The highest BCUT2D eigenvalue weighted by Crippen LogP contribution is 2.44. The van der Waals surface area contributed by atoms with Crippen molar-refractivity contribution in [1.29, 1.82) is 0 Å². The van der Waals surface area contributed by atoms with Gasteiger partial charge in [-0.3, -0.25) is 0 Å². The van der Waals surface area contributed by atoms with E-state index in [4.69, 9.17) is 4.42 Å². The van der Waals surface area contributed by atoms with E-state index in [1.54, 1.807) is 0 Å². The topological polar surface area (TPSA) is 21.3 Å². The summed E-state index contributed by atoms with van der Waals surface area (Å²) in [5.74, 6) is 0. The molecule has 69 heavy (non-hydrogen) atoms. The lowest BCUT2D eigenvalue weighted by Gasteiger charge is -2.27. The van der Waals surface area contributed by atoms with Gasteiger partial charge in [0.1, 0.15) is 11.2 Å². The van der Waals surface area contributed by atoms with Crippen LogP contribution in [0.4, 0.5) is 17.1 Å². The summed E-state index contributed by atoms with van der Waals surface area (Å²) >= 11 is 0. The van der Waals surface area contributed by atoms with Gasteiger partial charge >= 0.3 is 0 Å². The Kier molecular flexibility index (Phi) is 9.84. The van der Waals surface area contributed by atoms with E-state index < -0.39 is 0 Å². The molecule has 3 nitrogen and oxygen atoms in total. The highest BCUT2D eigenvalue weighted by molar-refractivity contribution is 6.11. The molecular weight excluding hydrogens is 837 g/mol. The van der Waals surface area contributed by atoms with E-state index in [0.29, 0.717) is 0 Å². The normalized spacial score (nSPS) is 11.5. The highest BCUT2D eigenvalue weighted by Gasteiger charge is 2.20. The number of rotatable bonds is 9. The van der Waals surface area contributed by atoms with Crippen molar-refractivity contribution in [3.05, 3.63) is 267 Å². The van der Waals surface area contributed by atoms with Gasteiger partial charge in [-0.1, -0.05) is 188 Å². The molecule has 0 amide bonds. The molecule has 0 aliphatic carbocycles. The maximum atomic E-state index is 6.50. The molecule has 2 aromatic heterocycles. The van der Waals surface area contributed by atoms with Crippen LogP contribution in [0.5, 0.6) is 0 Å². The molecule has 0 saturated heterocycles. The second-order valence-corrected chi connectivity index (χ2v) is 17.7. The van der Waals surface area contributed by atoms with Crippen LogP contribution >= 0.6 is 0 Å². The predicted molar refractivity (Wildman–Crippen MR) is 290 cm³/mol. The van der Waals surface area contributed by atoms with Gasteiger partial charge in [0.15, 0.2) is 0 Å². The molecule has 324 valence electrons. The summed E-state index contributed by atoms with van der Waals surface area (Å²) in [4.78, 5) is 2.38. The van der Waals surface area contributed by atoms with Crippen molar-refractivity contribution in [1.82, 2.24) is 4.57 Å². The Morgan fingerprint density at radius 2 is 0.797 bits per heavy atom. The van der Waals surface area contributed by atoms with Crippen LogP contribution in [0, 0.1) is 0 Å². The summed E-state index contributed by atoms with van der Waals surface area (Å²) in [5.41, 5.74) is 20.0. The van der Waals surface area contributed by atoms with E-state index in [1.165, 1.54) is 44.1 Å². The predicted octanol–water partition coefficient (Wildman–Crippen LogP) is 18.5. The molecule has 0 aliphatic heterocycles. The van der Waals surface area contributed by atoms with Gasteiger partial charge in [0.05, 0.1) is 11.0 Å². The van der Waals surface area contributed by atoms with Gasteiger partial charge < -0.3 is 13.9 Å². The fourth-order valence-corrected chi connectivity index (χ4v) is 10.3. The highest BCUT2D eigenvalue weighted by atomic mass is 16.3. The third-order valence-corrected chi connectivity index (χ3v) is 13.6. The largest absolute Gasteiger partial charge is 0.455 e. The first-order chi connectivity index (χ1) is 34.2. The van der Waals surface area contributed by atoms with Crippen molar-refractivity contribution in [3.8, 4) is 61.3 Å². The van der Waals surface area contributed by atoms with Gasteiger partial charge in [-0.25, -0.2) is 0 Å². The number of para-hydroxylation sites is 4. The molecule has 13 aromatic rings. The van der Waals surface area contributed by atoms with Crippen molar-refractivity contribution < 1.29 is 4.42 Å². The molecule has 0 fully saturated rings. The van der Waals surface area contributed by atoms with Gasteiger partial charge in [-0.05, 0) is 129 Å². The van der Waals surface area contributed by atoms with E-state index in [1.807, 2.05) is 12.1 Å². The fourth-order valence-electron chi connectivity index (χ4n) is 10.3. The Labute approximate surface area is 401 Å². The van der Waals surface area contributed by atoms with Crippen LogP contribution < -0.4 is 4.90 Å². The lowest BCUT2D eigenvalue weighted by molar-refractivity contribution is 0.670. The summed E-state index contributed by atoms with van der Waals surface area (Å²) in [7, 11) is 0. The van der Waals surface area contributed by atoms with Crippen LogP contribution in [0.3, 0.4) is 0 Å². The number of hydrogen-bond donors (Lipinski definition) is 0. The first-order valence-electron chi connectivity index (χ1n) is 23.6. The first-order valence-corrected chi connectivity index (χ1v) is 23.6. The molecule has 11 aromatic carbocycles. The monoisotopic (exact) mass is 880 g/mol. The number of aromatic nitrogens is 1. The molecule has 0 unspecified atom stereocenters. The molecular formula is C66H44N2O. The number of nitrogens with zero attached hydrogens (tertiary/aromatic N) is 2. The molecule has 0 bridgehead atoms. The number of anilines is 3. The average molecular weight is 881 g/mol. The zero-order valence-corrected chi connectivity index (χ0v) is 37.7. The van der Waals surface area contributed by atoms with Gasteiger partial charge in [-0.2, -0.15) is 0 Å². The van der Waals surface area contributed by atoms with Crippen molar-refractivity contribution >= 4 is 60.8 Å². The zero-order valence-electron chi connectivity index (χ0n) is 37.7. The standard InChI is InChI=1S/C66H44N2O/c1-4-16-45(17-5-1)47-30-35-53(36-31-47)67(54-37-32-48(33-38-54)57-26-15-27-60-59-25-11-13-29-65(59)69-66(57)60)55-39-40-56(61(44-55)50-21-14-20-49(42-50)46-18-6-2-7-19-46)51-34-41-64-62(43-51)58-24-10-12-28-63(58)68(64)52-22-8-3-9-23-52/h1-44H. The summed E-state index contributed by atoms with van der Waals surface area (Å²) in [6, 6.07) is 96.2. The van der Waals surface area contributed by atoms with E-state index in [0.717, 1.165) is 78.1 Å². The second-order valence-electron chi connectivity index (χ2n) is 17.7. The van der Waals surface area contributed by atoms with Crippen LogP contribution in [0.25, 0.3) is 105 Å². The molecule has 13 rings (SSSR count). The molecule has 0 atom stereocenters.